The molecule has 2 aliphatic rings. The molecule has 0 atom stereocenters. The fourth-order valence-electron chi connectivity index (χ4n) is 6.49. The van der Waals surface area contributed by atoms with Gasteiger partial charge in [0.25, 0.3) is 0 Å². The van der Waals surface area contributed by atoms with Crippen molar-refractivity contribution in [2.45, 2.75) is 181 Å². The molecule has 0 spiro atoms. The highest BCUT2D eigenvalue weighted by Gasteiger charge is 2.48. The summed E-state index contributed by atoms with van der Waals surface area (Å²) in [7, 11) is -2.94. The molecule has 2 heteroatoms. The molecular formula is C34H62Si2. The zero-order chi connectivity index (χ0) is 26.4. The van der Waals surface area contributed by atoms with Gasteiger partial charge in [0.1, 0.15) is 16.1 Å². The van der Waals surface area contributed by atoms with E-state index in [9.17, 15) is 0 Å². The predicted molar refractivity (Wildman–Crippen MR) is 169 cm³/mol. The standard InChI is InChI=1S/C34H62Si2/c1-35(2,3)31-29-33(25-21-17-13-9-7-10-14-18-22-26-33)34(30-32-36(4,5)6)27-23-19-15-11-8-12-16-20-24-28-34/h7-28H2,1-6H3. The predicted octanol–water partition coefficient (Wildman–Crippen LogP) is 11.3. The smallest absolute Gasteiger partial charge is 0.129 e. The van der Waals surface area contributed by atoms with E-state index in [-0.39, 0.29) is 10.8 Å². The van der Waals surface area contributed by atoms with Crippen molar-refractivity contribution in [3.8, 4) is 22.9 Å². The van der Waals surface area contributed by atoms with E-state index in [2.05, 4.69) is 62.2 Å². The third-order valence-electron chi connectivity index (χ3n) is 8.68. The van der Waals surface area contributed by atoms with E-state index >= 15 is 0 Å². The summed E-state index contributed by atoms with van der Waals surface area (Å²) in [5.74, 6) is 8.42. The lowest BCUT2D eigenvalue weighted by Gasteiger charge is -2.47. The molecule has 0 aromatic heterocycles. The van der Waals surface area contributed by atoms with Gasteiger partial charge < -0.3 is 0 Å². The van der Waals surface area contributed by atoms with Crippen molar-refractivity contribution in [3.63, 3.8) is 0 Å². The SMILES string of the molecule is C[Si](C)(C)C#CC1(C2(C#C[Si](C)(C)C)CCCCCCCCCCC2)CCCCCCCCCCC1. The summed E-state index contributed by atoms with van der Waals surface area (Å²) in [5.41, 5.74) is 8.17. The van der Waals surface area contributed by atoms with Crippen LogP contribution in [0.5, 0.6) is 0 Å². The van der Waals surface area contributed by atoms with Crippen LogP contribution in [0.2, 0.25) is 39.3 Å². The van der Waals surface area contributed by atoms with Gasteiger partial charge in [-0.05, 0) is 25.7 Å². The van der Waals surface area contributed by atoms with Crippen LogP contribution in [0.1, 0.15) is 141 Å². The van der Waals surface area contributed by atoms with Crippen LogP contribution in [0, 0.1) is 33.8 Å². The Morgan fingerprint density at radius 1 is 0.333 bits per heavy atom. The zero-order valence-electron chi connectivity index (χ0n) is 25.6. The molecule has 206 valence electrons. The minimum atomic E-state index is -1.47. The van der Waals surface area contributed by atoms with Crippen LogP contribution in [-0.4, -0.2) is 16.1 Å². The summed E-state index contributed by atoms with van der Waals surface area (Å²) in [6.45, 7) is 14.7. The molecule has 0 amide bonds. The van der Waals surface area contributed by atoms with Gasteiger partial charge in [-0.2, -0.15) is 0 Å². The molecule has 2 saturated carbocycles. The molecule has 0 saturated heterocycles. The lowest BCUT2D eigenvalue weighted by molar-refractivity contribution is 0.0961. The molecule has 0 heterocycles. The van der Waals surface area contributed by atoms with Gasteiger partial charge in [0.2, 0.25) is 0 Å². The summed E-state index contributed by atoms with van der Waals surface area (Å²) < 4.78 is 0. The molecule has 36 heavy (non-hydrogen) atoms. The second kappa shape index (κ2) is 15.8. The van der Waals surface area contributed by atoms with Gasteiger partial charge in [-0.1, -0.05) is 155 Å². The van der Waals surface area contributed by atoms with E-state index in [0.717, 1.165) is 0 Å². The van der Waals surface area contributed by atoms with Crippen molar-refractivity contribution >= 4 is 16.1 Å². The minimum absolute atomic E-state index is 0.100. The van der Waals surface area contributed by atoms with E-state index in [1.807, 2.05) is 0 Å². The van der Waals surface area contributed by atoms with Crippen molar-refractivity contribution < 1.29 is 0 Å². The van der Waals surface area contributed by atoms with Gasteiger partial charge in [-0.25, -0.2) is 0 Å². The number of hydrogen-bond acceptors (Lipinski definition) is 0. The van der Waals surface area contributed by atoms with E-state index in [1.165, 1.54) is 141 Å². The summed E-state index contributed by atoms with van der Waals surface area (Å²) in [5, 5.41) is 0. The van der Waals surface area contributed by atoms with Crippen LogP contribution in [0.4, 0.5) is 0 Å². The summed E-state index contributed by atoms with van der Waals surface area (Å²) in [4.78, 5) is 0. The van der Waals surface area contributed by atoms with Crippen LogP contribution in [-0.2, 0) is 0 Å². The maximum Gasteiger partial charge on any atom is 0.129 e. The molecule has 2 aliphatic carbocycles. The van der Waals surface area contributed by atoms with Crippen molar-refractivity contribution in [1.82, 2.24) is 0 Å². The first-order valence-electron chi connectivity index (χ1n) is 16.2. The van der Waals surface area contributed by atoms with Crippen molar-refractivity contribution in [2.75, 3.05) is 0 Å². The van der Waals surface area contributed by atoms with Gasteiger partial charge in [0, 0.05) is 10.8 Å². The average Bonchev–Trinajstić information content (AvgIpc) is 2.78. The fourth-order valence-corrected chi connectivity index (χ4v) is 7.72. The molecule has 0 aromatic carbocycles. The molecule has 2 rings (SSSR count). The average molecular weight is 527 g/mol. The van der Waals surface area contributed by atoms with Crippen LogP contribution in [0.25, 0.3) is 0 Å². The molecule has 0 nitrogen and oxygen atoms in total. The van der Waals surface area contributed by atoms with Gasteiger partial charge in [-0.15, -0.1) is 22.9 Å². The topological polar surface area (TPSA) is 0 Å². The first-order chi connectivity index (χ1) is 17.1. The Morgan fingerprint density at radius 3 is 0.722 bits per heavy atom. The largest absolute Gasteiger partial charge is 0.131 e. The second-order valence-corrected chi connectivity index (χ2v) is 24.0. The van der Waals surface area contributed by atoms with E-state index in [1.54, 1.807) is 0 Å². The van der Waals surface area contributed by atoms with Crippen molar-refractivity contribution in [3.05, 3.63) is 0 Å². The first-order valence-corrected chi connectivity index (χ1v) is 23.2. The molecule has 0 unspecified atom stereocenters. The lowest BCUT2D eigenvalue weighted by Crippen LogP contribution is -2.42. The molecule has 0 bridgehead atoms. The Bertz CT molecular complexity index is 640. The maximum atomic E-state index is 4.21. The molecule has 0 radical (unpaired) electrons. The Kier molecular flexibility index (Phi) is 14.0. The van der Waals surface area contributed by atoms with Gasteiger partial charge in [0.15, 0.2) is 0 Å². The molecular weight excluding hydrogens is 465 g/mol. The van der Waals surface area contributed by atoms with Gasteiger partial charge in [-0.3, -0.25) is 0 Å². The molecule has 2 fully saturated rings. The highest BCUT2D eigenvalue weighted by atomic mass is 28.3. The van der Waals surface area contributed by atoms with Gasteiger partial charge in [0.05, 0.1) is 0 Å². The Labute approximate surface area is 230 Å². The maximum absolute atomic E-state index is 4.21. The third kappa shape index (κ3) is 11.9. The van der Waals surface area contributed by atoms with E-state index in [0.29, 0.717) is 0 Å². The van der Waals surface area contributed by atoms with Crippen molar-refractivity contribution in [2.24, 2.45) is 10.8 Å². The van der Waals surface area contributed by atoms with E-state index in [4.69, 9.17) is 0 Å². The van der Waals surface area contributed by atoms with Crippen LogP contribution in [0.15, 0.2) is 0 Å². The lowest BCUT2D eigenvalue weighted by atomic mass is 9.55. The van der Waals surface area contributed by atoms with E-state index < -0.39 is 16.1 Å². The normalized spacial score (nSPS) is 23.6. The Morgan fingerprint density at radius 2 is 0.528 bits per heavy atom. The van der Waals surface area contributed by atoms with Crippen LogP contribution < -0.4 is 0 Å². The highest BCUT2D eigenvalue weighted by molar-refractivity contribution is 6.84. The highest BCUT2D eigenvalue weighted by Crippen LogP contribution is 2.53. The number of rotatable bonds is 1. The van der Waals surface area contributed by atoms with Gasteiger partial charge >= 0.3 is 0 Å². The summed E-state index contributed by atoms with van der Waals surface area (Å²) in [6, 6.07) is 0. The Hall–Kier alpha value is -0.446. The molecule has 0 aromatic rings. The minimum Gasteiger partial charge on any atom is -0.131 e. The molecule has 0 aliphatic heterocycles. The van der Waals surface area contributed by atoms with Crippen LogP contribution >= 0.6 is 0 Å². The second-order valence-electron chi connectivity index (χ2n) is 14.5. The summed E-state index contributed by atoms with van der Waals surface area (Å²) >= 11 is 0. The number of hydrogen-bond donors (Lipinski definition) is 0. The molecule has 0 N–H and O–H groups in total. The fraction of sp³-hybridized carbons (Fsp3) is 0.882. The van der Waals surface area contributed by atoms with Crippen molar-refractivity contribution in [1.29, 1.82) is 0 Å². The Balaban J connectivity index is 2.61. The third-order valence-corrected chi connectivity index (χ3v) is 10.4. The quantitative estimate of drug-likeness (QED) is 0.235. The summed E-state index contributed by atoms with van der Waals surface area (Å²) in [6.07, 6.45) is 30.5. The monoisotopic (exact) mass is 526 g/mol. The zero-order valence-corrected chi connectivity index (χ0v) is 27.6. The first kappa shape index (κ1) is 31.8. The van der Waals surface area contributed by atoms with Crippen LogP contribution in [0.3, 0.4) is 0 Å².